The molecule has 0 saturated carbocycles. The van der Waals surface area contributed by atoms with Crippen molar-refractivity contribution in [2.45, 2.75) is 46.1 Å². The van der Waals surface area contributed by atoms with Gasteiger partial charge in [-0.2, -0.15) is 5.10 Å². The molecule has 1 amide bonds. The predicted octanol–water partition coefficient (Wildman–Crippen LogP) is 1.87. The summed E-state index contributed by atoms with van der Waals surface area (Å²) in [5.41, 5.74) is 1.93. The smallest absolute Gasteiger partial charge is 0.242 e. The molecule has 5 heteroatoms. The van der Waals surface area contributed by atoms with Gasteiger partial charge in [0.15, 0.2) is 0 Å². The fourth-order valence-electron chi connectivity index (χ4n) is 1.74. The Morgan fingerprint density at radius 1 is 1.44 bits per heavy atom. The van der Waals surface area contributed by atoms with Gasteiger partial charge in [0.1, 0.15) is 6.04 Å². The van der Waals surface area contributed by atoms with Crippen molar-refractivity contribution in [3.05, 3.63) is 11.9 Å². The lowest BCUT2D eigenvalue weighted by Crippen LogP contribution is -2.38. The van der Waals surface area contributed by atoms with Crippen molar-refractivity contribution in [2.75, 3.05) is 11.9 Å². The Morgan fingerprint density at radius 2 is 2.11 bits per heavy atom. The molecule has 102 valence electrons. The van der Waals surface area contributed by atoms with Crippen LogP contribution in [-0.2, 0) is 11.8 Å². The van der Waals surface area contributed by atoms with E-state index in [0.717, 1.165) is 24.3 Å². The van der Waals surface area contributed by atoms with Crippen molar-refractivity contribution in [1.29, 1.82) is 0 Å². The van der Waals surface area contributed by atoms with Gasteiger partial charge in [-0.15, -0.1) is 0 Å². The Labute approximate surface area is 109 Å². The number of anilines is 1. The molecule has 0 fully saturated rings. The van der Waals surface area contributed by atoms with E-state index in [-0.39, 0.29) is 11.9 Å². The summed E-state index contributed by atoms with van der Waals surface area (Å²) in [6.45, 7) is 8.80. The zero-order chi connectivity index (χ0) is 13.7. The van der Waals surface area contributed by atoms with Crippen LogP contribution in [0.25, 0.3) is 0 Å². The first-order chi connectivity index (χ1) is 8.45. The van der Waals surface area contributed by atoms with Gasteiger partial charge in [0.05, 0.1) is 11.4 Å². The molecule has 0 aliphatic rings. The van der Waals surface area contributed by atoms with Crippen LogP contribution in [0.5, 0.6) is 0 Å². The quantitative estimate of drug-likeness (QED) is 0.812. The van der Waals surface area contributed by atoms with E-state index in [9.17, 15) is 4.79 Å². The van der Waals surface area contributed by atoms with E-state index in [0.29, 0.717) is 5.92 Å². The van der Waals surface area contributed by atoms with E-state index >= 15 is 0 Å². The average molecular weight is 252 g/mol. The van der Waals surface area contributed by atoms with Crippen LogP contribution in [0.4, 0.5) is 5.69 Å². The summed E-state index contributed by atoms with van der Waals surface area (Å²) < 4.78 is 1.77. The van der Waals surface area contributed by atoms with Crippen molar-refractivity contribution in [1.82, 2.24) is 15.1 Å². The van der Waals surface area contributed by atoms with E-state index in [1.807, 2.05) is 27.1 Å². The molecule has 0 saturated heterocycles. The fraction of sp³-hybridized carbons (Fsp3) is 0.692. The third-order valence-electron chi connectivity index (χ3n) is 2.72. The lowest BCUT2D eigenvalue weighted by Gasteiger charge is -2.15. The maximum atomic E-state index is 11.8. The number of aromatic nitrogens is 2. The second-order valence-corrected chi connectivity index (χ2v) is 4.91. The van der Waals surface area contributed by atoms with Crippen LogP contribution in [0.2, 0.25) is 0 Å². The maximum Gasteiger partial charge on any atom is 0.242 e. The topological polar surface area (TPSA) is 59.0 Å². The second kappa shape index (κ2) is 6.42. The molecule has 0 aliphatic heterocycles. The molecule has 1 unspecified atom stereocenters. The standard InChI is InChI=1S/C13H24N4O/c1-6-7-14-13(18)10(4)15-11-8-17(5)16-12(11)9(2)3/h8-10,15H,6-7H2,1-5H3,(H,14,18). The molecule has 1 rings (SSSR count). The largest absolute Gasteiger partial charge is 0.371 e. The fourth-order valence-corrected chi connectivity index (χ4v) is 1.74. The number of hydrogen-bond acceptors (Lipinski definition) is 3. The number of carbonyl (C=O) groups excluding carboxylic acids is 1. The minimum atomic E-state index is -0.252. The van der Waals surface area contributed by atoms with Gasteiger partial charge >= 0.3 is 0 Å². The first-order valence-corrected chi connectivity index (χ1v) is 6.53. The summed E-state index contributed by atoms with van der Waals surface area (Å²) in [5, 5.41) is 10.5. The van der Waals surface area contributed by atoms with Crippen molar-refractivity contribution >= 4 is 11.6 Å². The summed E-state index contributed by atoms with van der Waals surface area (Å²) in [7, 11) is 1.89. The van der Waals surface area contributed by atoms with Crippen molar-refractivity contribution in [3.8, 4) is 0 Å². The number of rotatable bonds is 6. The Hall–Kier alpha value is -1.52. The highest BCUT2D eigenvalue weighted by atomic mass is 16.2. The summed E-state index contributed by atoms with van der Waals surface area (Å²) >= 11 is 0. The minimum Gasteiger partial charge on any atom is -0.371 e. The van der Waals surface area contributed by atoms with E-state index in [4.69, 9.17) is 0 Å². The van der Waals surface area contributed by atoms with Crippen LogP contribution in [0.3, 0.4) is 0 Å². The number of carbonyl (C=O) groups is 1. The number of amides is 1. The van der Waals surface area contributed by atoms with Crippen LogP contribution >= 0.6 is 0 Å². The van der Waals surface area contributed by atoms with Crippen molar-refractivity contribution < 1.29 is 4.79 Å². The third kappa shape index (κ3) is 3.75. The highest BCUT2D eigenvalue weighted by molar-refractivity contribution is 5.84. The van der Waals surface area contributed by atoms with Gasteiger partial charge in [-0.3, -0.25) is 9.48 Å². The number of aryl methyl sites for hydroxylation is 1. The zero-order valence-corrected chi connectivity index (χ0v) is 11.9. The molecule has 1 aromatic rings. The molecule has 1 heterocycles. The highest BCUT2D eigenvalue weighted by Crippen LogP contribution is 2.22. The Balaban J connectivity index is 2.69. The summed E-state index contributed by atoms with van der Waals surface area (Å²) in [6.07, 6.45) is 2.86. The first kappa shape index (κ1) is 14.5. The molecular formula is C13H24N4O. The highest BCUT2D eigenvalue weighted by Gasteiger charge is 2.17. The number of nitrogens with zero attached hydrogens (tertiary/aromatic N) is 2. The molecule has 0 bridgehead atoms. The summed E-state index contributed by atoms with van der Waals surface area (Å²) in [6, 6.07) is -0.252. The van der Waals surface area contributed by atoms with Crippen LogP contribution in [-0.4, -0.2) is 28.3 Å². The molecule has 2 N–H and O–H groups in total. The average Bonchev–Trinajstić information content (AvgIpc) is 2.67. The molecule has 0 aromatic carbocycles. The Morgan fingerprint density at radius 3 is 2.67 bits per heavy atom. The molecule has 0 spiro atoms. The van der Waals surface area contributed by atoms with E-state index < -0.39 is 0 Å². The van der Waals surface area contributed by atoms with Crippen LogP contribution in [0.1, 0.15) is 45.7 Å². The van der Waals surface area contributed by atoms with E-state index in [2.05, 4.69) is 29.6 Å². The number of hydrogen-bond donors (Lipinski definition) is 2. The third-order valence-corrected chi connectivity index (χ3v) is 2.72. The zero-order valence-electron chi connectivity index (χ0n) is 11.9. The monoisotopic (exact) mass is 252 g/mol. The molecule has 0 aliphatic carbocycles. The van der Waals surface area contributed by atoms with Crippen molar-refractivity contribution in [2.24, 2.45) is 7.05 Å². The van der Waals surface area contributed by atoms with Gasteiger partial charge in [0, 0.05) is 19.8 Å². The Bertz CT molecular complexity index is 398. The van der Waals surface area contributed by atoms with Crippen LogP contribution in [0.15, 0.2) is 6.20 Å². The molecule has 1 atom stereocenters. The molecular weight excluding hydrogens is 228 g/mol. The van der Waals surface area contributed by atoms with Crippen LogP contribution in [0, 0.1) is 0 Å². The maximum absolute atomic E-state index is 11.8. The number of nitrogens with one attached hydrogen (secondary N) is 2. The molecule has 5 nitrogen and oxygen atoms in total. The van der Waals surface area contributed by atoms with E-state index in [1.165, 1.54) is 0 Å². The molecule has 18 heavy (non-hydrogen) atoms. The van der Waals surface area contributed by atoms with Crippen molar-refractivity contribution in [3.63, 3.8) is 0 Å². The molecule has 1 aromatic heterocycles. The van der Waals surface area contributed by atoms with Gasteiger partial charge < -0.3 is 10.6 Å². The van der Waals surface area contributed by atoms with Gasteiger partial charge in [0.25, 0.3) is 0 Å². The SMILES string of the molecule is CCCNC(=O)C(C)Nc1cn(C)nc1C(C)C. The lowest BCUT2D eigenvalue weighted by atomic mass is 10.1. The summed E-state index contributed by atoms with van der Waals surface area (Å²) in [4.78, 5) is 11.8. The lowest BCUT2D eigenvalue weighted by molar-refractivity contribution is -0.121. The van der Waals surface area contributed by atoms with Crippen LogP contribution < -0.4 is 10.6 Å². The first-order valence-electron chi connectivity index (χ1n) is 6.53. The Kier molecular flexibility index (Phi) is 5.19. The van der Waals surface area contributed by atoms with Gasteiger partial charge in [-0.1, -0.05) is 20.8 Å². The normalized spacial score (nSPS) is 12.6. The van der Waals surface area contributed by atoms with Gasteiger partial charge in [-0.25, -0.2) is 0 Å². The summed E-state index contributed by atoms with van der Waals surface area (Å²) in [5.74, 6) is 0.356. The van der Waals surface area contributed by atoms with E-state index in [1.54, 1.807) is 4.68 Å². The molecule has 0 radical (unpaired) electrons. The second-order valence-electron chi connectivity index (χ2n) is 4.91. The van der Waals surface area contributed by atoms with Gasteiger partial charge in [-0.05, 0) is 19.3 Å². The van der Waals surface area contributed by atoms with Gasteiger partial charge in [0.2, 0.25) is 5.91 Å². The predicted molar refractivity (Wildman–Crippen MR) is 73.7 cm³/mol. The minimum absolute atomic E-state index is 0.0235.